The van der Waals surface area contributed by atoms with Gasteiger partial charge in [0.25, 0.3) is 5.91 Å². The third-order valence-corrected chi connectivity index (χ3v) is 5.64. The van der Waals surface area contributed by atoms with Crippen molar-refractivity contribution < 1.29 is 14.3 Å². The molecular weight excluding hydrogens is 452 g/mol. The Kier molecular flexibility index (Phi) is 7.93. The van der Waals surface area contributed by atoms with Crippen LogP contribution in [0.4, 0.5) is 5.69 Å². The Balaban J connectivity index is 1.52. The lowest BCUT2D eigenvalue weighted by atomic mass is 10.0. The minimum atomic E-state index is -0.353. The smallest absolute Gasteiger partial charge is 0.339 e. The number of rotatable bonds is 9. The predicted octanol–water partition coefficient (Wildman–Crippen LogP) is 4.85. The van der Waals surface area contributed by atoms with E-state index in [0.717, 1.165) is 27.9 Å². The summed E-state index contributed by atoms with van der Waals surface area (Å²) in [5.41, 5.74) is 5.63. The van der Waals surface area contributed by atoms with Gasteiger partial charge < -0.3 is 20.5 Å². The summed E-state index contributed by atoms with van der Waals surface area (Å²) in [4.78, 5) is 25.2. The molecule has 0 fully saturated rings. The van der Waals surface area contributed by atoms with Crippen LogP contribution in [0.2, 0.25) is 0 Å². The van der Waals surface area contributed by atoms with Gasteiger partial charge in [-0.1, -0.05) is 48.5 Å². The maximum absolute atomic E-state index is 12.7. The van der Waals surface area contributed by atoms with Gasteiger partial charge in [-0.2, -0.15) is 5.10 Å². The molecule has 4 aromatic rings. The van der Waals surface area contributed by atoms with Crippen LogP contribution in [0, 0.1) is 0 Å². The highest BCUT2D eigenvalue weighted by atomic mass is 16.5. The summed E-state index contributed by atoms with van der Waals surface area (Å²) in [7, 11) is 0. The third-order valence-electron chi connectivity index (χ3n) is 5.64. The lowest BCUT2D eigenvalue weighted by molar-refractivity contribution is 0.0525. The van der Waals surface area contributed by atoms with Crippen LogP contribution in [0.3, 0.4) is 0 Å². The Morgan fingerprint density at radius 1 is 0.972 bits per heavy atom. The largest absolute Gasteiger partial charge is 0.462 e. The number of amides is 1. The van der Waals surface area contributed by atoms with Crippen molar-refractivity contribution in [1.82, 2.24) is 4.57 Å². The van der Waals surface area contributed by atoms with Gasteiger partial charge in [0.2, 0.25) is 0 Å². The van der Waals surface area contributed by atoms with Crippen LogP contribution in [0.1, 0.15) is 49.9 Å². The van der Waals surface area contributed by atoms with Crippen molar-refractivity contribution in [3.8, 4) is 0 Å². The second-order valence-corrected chi connectivity index (χ2v) is 8.31. The average molecular weight is 481 g/mol. The van der Waals surface area contributed by atoms with Gasteiger partial charge >= 0.3 is 5.97 Å². The number of nitrogens with one attached hydrogen (secondary N) is 1. The first-order valence-electron chi connectivity index (χ1n) is 11.7. The summed E-state index contributed by atoms with van der Waals surface area (Å²) in [6.45, 7) is 2.67. The Morgan fingerprint density at radius 3 is 2.47 bits per heavy atom. The number of aromatic nitrogens is 1. The number of anilines is 1. The van der Waals surface area contributed by atoms with Gasteiger partial charge in [0, 0.05) is 30.2 Å². The summed E-state index contributed by atoms with van der Waals surface area (Å²) in [6, 6.07) is 24.6. The third kappa shape index (κ3) is 6.27. The second-order valence-electron chi connectivity index (χ2n) is 8.31. The zero-order valence-electron chi connectivity index (χ0n) is 20.1. The van der Waals surface area contributed by atoms with Crippen molar-refractivity contribution in [3.05, 3.63) is 125 Å². The van der Waals surface area contributed by atoms with Gasteiger partial charge in [0.15, 0.2) is 0 Å². The molecule has 0 aliphatic carbocycles. The Bertz CT molecular complexity index is 1360. The average Bonchev–Trinajstić information content (AvgIpc) is 3.27. The number of nitrogens with zero attached hydrogens (tertiary/aromatic N) is 2. The molecule has 3 N–H and O–H groups in total. The van der Waals surface area contributed by atoms with Crippen molar-refractivity contribution in [2.75, 3.05) is 11.9 Å². The minimum Gasteiger partial charge on any atom is -0.462 e. The number of carbonyl (C=O) groups excluding carboxylic acids is 2. The van der Waals surface area contributed by atoms with Gasteiger partial charge in [0.05, 0.1) is 18.4 Å². The van der Waals surface area contributed by atoms with Crippen LogP contribution < -0.4 is 11.2 Å². The fourth-order valence-corrected chi connectivity index (χ4v) is 3.97. The normalized spacial score (nSPS) is 10.9. The molecule has 0 radical (unpaired) electrons. The molecule has 0 bridgehead atoms. The van der Waals surface area contributed by atoms with Crippen molar-refractivity contribution in [2.24, 2.45) is 10.9 Å². The molecule has 7 heteroatoms. The molecule has 1 amide bonds. The van der Waals surface area contributed by atoms with Gasteiger partial charge in [-0.05, 0) is 65.9 Å². The van der Waals surface area contributed by atoms with E-state index in [1.807, 2.05) is 83.7 Å². The molecular formula is C29H28N4O3. The molecule has 0 spiro atoms. The molecule has 1 aromatic heterocycles. The molecule has 0 aliphatic rings. The Hall–Kier alpha value is -4.65. The summed E-state index contributed by atoms with van der Waals surface area (Å²) in [5, 5.41) is 6.47. The van der Waals surface area contributed by atoms with E-state index in [-0.39, 0.29) is 11.9 Å². The monoisotopic (exact) mass is 480 g/mol. The van der Waals surface area contributed by atoms with Gasteiger partial charge in [-0.25, -0.2) is 4.79 Å². The maximum Gasteiger partial charge on any atom is 0.339 e. The molecule has 1 heterocycles. The summed E-state index contributed by atoms with van der Waals surface area (Å²) in [6.07, 6.45) is 5.91. The van der Waals surface area contributed by atoms with Gasteiger partial charge in [0.1, 0.15) is 0 Å². The molecule has 0 atom stereocenters. The summed E-state index contributed by atoms with van der Waals surface area (Å²) in [5.74, 6) is 4.75. The van der Waals surface area contributed by atoms with Gasteiger partial charge in [-0.3, -0.25) is 4.79 Å². The predicted molar refractivity (Wildman–Crippen MR) is 141 cm³/mol. The second kappa shape index (κ2) is 11.7. The van der Waals surface area contributed by atoms with Crippen molar-refractivity contribution >= 4 is 23.8 Å². The number of esters is 1. The quantitative estimate of drug-likeness (QED) is 0.155. The zero-order valence-corrected chi connectivity index (χ0v) is 20.1. The van der Waals surface area contributed by atoms with Crippen LogP contribution in [-0.2, 0) is 17.7 Å². The molecule has 3 aromatic carbocycles. The first kappa shape index (κ1) is 24.5. The summed E-state index contributed by atoms with van der Waals surface area (Å²) < 4.78 is 7.27. The standard InChI is InChI=1S/C29H28N4O3/c1-2-36-29(35)27-20-33(18-23-8-6-7-22(15-23)17-31-30)19-25(27)16-21-11-13-24(14-12-21)28(34)32-26-9-4-3-5-10-26/h3-15,17,19-20H,2,16,18,30H2,1H3,(H,32,34)/b31-17-. The van der Waals surface area contributed by atoms with Crippen molar-refractivity contribution in [1.29, 1.82) is 0 Å². The summed E-state index contributed by atoms with van der Waals surface area (Å²) >= 11 is 0. The fourth-order valence-electron chi connectivity index (χ4n) is 3.97. The zero-order chi connectivity index (χ0) is 25.3. The number of hydrogen-bond donors (Lipinski definition) is 2. The highest BCUT2D eigenvalue weighted by Crippen LogP contribution is 2.20. The molecule has 0 unspecified atom stereocenters. The molecule has 4 rings (SSSR count). The lowest BCUT2D eigenvalue weighted by Crippen LogP contribution is -2.11. The number of carbonyl (C=O) groups is 2. The number of para-hydroxylation sites is 1. The number of ether oxygens (including phenoxy) is 1. The van der Waals surface area contributed by atoms with Crippen LogP contribution >= 0.6 is 0 Å². The minimum absolute atomic E-state index is 0.173. The van der Waals surface area contributed by atoms with Crippen LogP contribution in [0.25, 0.3) is 0 Å². The van der Waals surface area contributed by atoms with E-state index in [1.165, 1.54) is 0 Å². The topological polar surface area (TPSA) is 98.7 Å². The molecule has 0 saturated heterocycles. The molecule has 0 saturated carbocycles. The Labute approximate surface area is 210 Å². The molecule has 36 heavy (non-hydrogen) atoms. The first-order chi connectivity index (χ1) is 17.6. The van der Waals surface area contributed by atoms with E-state index in [9.17, 15) is 9.59 Å². The van der Waals surface area contributed by atoms with Crippen LogP contribution in [0.5, 0.6) is 0 Å². The number of nitrogens with two attached hydrogens (primary N) is 1. The van der Waals surface area contributed by atoms with E-state index in [0.29, 0.717) is 30.7 Å². The molecule has 0 aliphatic heterocycles. The highest BCUT2D eigenvalue weighted by molar-refractivity contribution is 6.04. The van der Waals surface area contributed by atoms with E-state index < -0.39 is 0 Å². The van der Waals surface area contributed by atoms with Gasteiger partial charge in [-0.15, -0.1) is 0 Å². The maximum atomic E-state index is 12.7. The number of hydrazone groups is 1. The number of benzene rings is 3. The highest BCUT2D eigenvalue weighted by Gasteiger charge is 2.17. The molecule has 7 nitrogen and oxygen atoms in total. The molecule has 182 valence electrons. The SMILES string of the molecule is CCOC(=O)c1cn(Cc2cccc(/C=N\N)c2)cc1Cc1ccc(C(=O)Nc2ccccc2)cc1. The Morgan fingerprint density at radius 2 is 1.75 bits per heavy atom. The van der Waals surface area contributed by atoms with Crippen molar-refractivity contribution in [2.45, 2.75) is 19.9 Å². The van der Waals surface area contributed by atoms with Crippen molar-refractivity contribution in [3.63, 3.8) is 0 Å². The van der Waals surface area contributed by atoms with E-state index >= 15 is 0 Å². The van der Waals surface area contributed by atoms with E-state index in [4.69, 9.17) is 10.6 Å². The lowest BCUT2D eigenvalue weighted by Gasteiger charge is -2.07. The fraction of sp³-hybridized carbons (Fsp3) is 0.138. The van der Waals surface area contributed by atoms with Crippen LogP contribution in [0.15, 0.2) is 96.4 Å². The first-order valence-corrected chi connectivity index (χ1v) is 11.7. The number of hydrogen-bond acceptors (Lipinski definition) is 5. The van der Waals surface area contributed by atoms with Crippen LogP contribution in [-0.4, -0.2) is 29.3 Å². The van der Waals surface area contributed by atoms with E-state index in [1.54, 1.807) is 25.3 Å². The van der Waals surface area contributed by atoms with E-state index in [2.05, 4.69) is 10.4 Å².